The summed E-state index contributed by atoms with van der Waals surface area (Å²) in [5, 5.41) is 3.50. The molecule has 1 rings (SSSR count). The number of nitrogens with one attached hydrogen (secondary N) is 1. The third kappa shape index (κ3) is 6.04. The van der Waals surface area contributed by atoms with E-state index >= 15 is 0 Å². The second-order valence-electron chi connectivity index (χ2n) is 5.33. The van der Waals surface area contributed by atoms with Gasteiger partial charge in [0, 0.05) is 25.7 Å². The summed E-state index contributed by atoms with van der Waals surface area (Å²) in [5.41, 5.74) is 2.83. The Morgan fingerprint density at radius 3 is 2.53 bits per heavy atom. The molecule has 0 saturated carbocycles. The van der Waals surface area contributed by atoms with Crippen LogP contribution in [0.2, 0.25) is 0 Å². The van der Waals surface area contributed by atoms with Gasteiger partial charge in [-0.05, 0) is 24.1 Å². The Morgan fingerprint density at radius 2 is 1.95 bits per heavy atom. The summed E-state index contributed by atoms with van der Waals surface area (Å²) in [7, 11) is 0. The van der Waals surface area contributed by atoms with E-state index in [9.17, 15) is 0 Å². The molecule has 0 fully saturated rings. The van der Waals surface area contributed by atoms with Gasteiger partial charge in [-0.1, -0.05) is 51.1 Å². The molecule has 1 aromatic carbocycles. The van der Waals surface area contributed by atoms with Crippen LogP contribution in [-0.4, -0.2) is 24.0 Å². The second-order valence-corrected chi connectivity index (χ2v) is 5.33. The molecule has 0 radical (unpaired) electrons. The van der Waals surface area contributed by atoms with Gasteiger partial charge in [0.1, 0.15) is 0 Å². The zero-order chi connectivity index (χ0) is 14.1. The standard InChI is InChI=1S/C17H28N2/c1-5-11-19(12-6-2)14-17-10-8-7-9-16(17)13-18-15(3)4/h5,7-10,15,18H,1,6,11-14H2,2-4H3. The summed E-state index contributed by atoms with van der Waals surface area (Å²) in [6, 6.07) is 9.24. The molecule has 0 unspecified atom stereocenters. The van der Waals surface area contributed by atoms with Crippen LogP contribution >= 0.6 is 0 Å². The van der Waals surface area contributed by atoms with Crippen LogP contribution in [0.25, 0.3) is 0 Å². The highest BCUT2D eigenvalue weighted by Crippen LogP contribution is 2.12. The van der Waals surface area contributed by atoms with Gasteiger partial charge in [-0.3, -0.25) is 4.90 Å². The lowest BCUT2D eigenvalue weighted by molar-refractivity contribution is 0.294. The average Bonchev–Trinajstić information content (AvgIpc) is 2.38. The summed E-state index contributed by atoms with van der Waals surface area (Å²) >= 11 is 0. The highest BCUT2D eigenvalue weighted by Gasteiger charge is 2.07. The fourth-order valence-electron chi connectivity index (χ4n) is 2.17. The molecule has 1 aromatic rings. The summed E-state index contributed by atoms with van der Waals surface area (Å²) in [6.45, 7) is 14.5. The van der Waals surface area contributed by atoms with Gasteiger partial charge in [0.2, 0.25) is 0 Å². The van der Waals surface area contributed by atoms with Crippen LogP contribution < -0.4 is 5.32 Å². The predicted molar refractivity (Wildman–Crippen MR) is 84.2 cm³/mol. The Morgan fingerprint density at radius 1 is 1.26 bits per heavy atom. The van der Waals surface area contributed by atoms with Crippen molar-refractivity contribution in [3.63, 3.8) is 0 Å². The van der Waals surface area contributed by atoms with Crippen molar-refractivity contribution in [2.75, 3.05) is 13.1 Å². The van der Waals surface area contributed by atoms with E-state index in [2.05, 4.69) is 61.8 Å². The Hall–Kier alpha value is -1.12. The van der Waals surface area contributed by atoms with Crippen molar-refractivity contribution >= 4 is 0 Å². The number of rotatable bonds is 9. The summed E-state index contributed by atoms with van der Waals surface area (Å²) in [6.07, 6.45) is 3.17. The molecular weight excluding hydrogens is 232 g/mol. The first-order valence-corrected chi connectivity index (χ1v) is 7.30. The van der Waals surface area contributed by atoms with E-state index < -0.39 is 0 Å². The molecule has 0 heterocycles. The minimum absolute atomic E-state index is 0.521. The SMILES string of the molecule is C=CCN(CCC)Cc1ccccc1CNC(C)C. The molecule has 0 atom stereocenters. The number of hydrogen-bond acceptors (Lipinski definition) is 2. The molecule has 2 heteroatoms. The first-order chi connectivity index (χ1) is 9.17. The summed E-state index contributed by atoms with van der Waals surface area (Å²) in [4.78, 5) is 2.45. The van der Waals surface area contributed by atoms with Gasteiger partial charge < -0.3 is 5.32 Å². The molecule has 0 aliphatic heterocycles. The largest absolute Gasteiger partial charge is 0.310 e. The molecule has 0 spiro atoms. The van der Waals surface area contributed by atoms with E-state index in [-0.39, 0.29) is 0 Å². The van der Waals surface area contributed by atoms with Crippen LogP contribution in [0.15, 0.2) is 36.9 Å². The van der Waals surface area contributed by atoms with Crippen molar-refractivity contribution < 1.29 is 0 Å². The van der Waals surface area contributed by atoms with Crippen LogP contribution in [-0.2, 0) is 13.1 Å². The Bertz CT molecular complexity index is 371. The molecule has 0 aliphatic rings. The van der Waals surface area contributed by atoms with Crippen molar-refractivity contribution in [1.29, 1.82) is 0 Å². The van der Waals surface area contributed by atoms with Crippen molar-refractivity contribution in [2.45, 2.75) is 46.3 Å². The molecule has 106 valence electrons. The van der Waals surface area contributed by atoms with Crippen LogP contribution in [0.1, 0.15) is 38.3 Å². The van der Waals surface area contributed by atoms with Gasteiger partial charge in [-0.25, -0.2) is 0 Å². The molecule has 2 nitrogen and oxygen atoms in total. The predicted octanol–water partition coefficient (Wildman–Crippen LogP) is 3.58. The molecular formula is C17H28N2. The third-order valence-electron chi connectivity index (χ3n) is 3.14. The second kappa shape index (κ2) is 8.89. The van der Waals surface area contributed by atoms with E-state index in [1.54, 1.807) is 0 Å². The fraction of sp³-hybridized carbons (Fsp3) is 0.529. The highest BCUT2D eigenvalue weighted by molar-refractivity contribution is 5.27. The zero-order valence-corrected chi connectivity index (χ0v) is 12.7. The van der Waals surface area contributed by atoms with Gasteiger partial charge >= 0.3 is 0 Å². The monoisotopic (exact) mass is 260 g/mol. The Balaban J connectivity index is 2.71. The van der Waals surface area contributed by atoms with Gasteiger partial charge in [-0.2, -0.15) is 0 Å². The maximum Gasteiger partial charge on any atom is 0.0240 e. The van der Waals surface area contributed by atoms with Crippen LogP contribution in [0.4, 0.5) is 0 Å². The lowest BCUT2D eigenvalue weighted by Gasteiger charge is -2.22. The molecule has 1 N–H and O–H groups in total. The summed E-state index contributed by atoms with van der Waals surface area (Å²) in [5.74, 6) is 0. The van der Waals surface area contributed by atoms with Crippen LogP contribution in [0.3, 0.4) is 0 Å². The molecule has 0 saturated heterocycles. The lowest BCUT2D eigenvalue weighted by Crippen LogP contribution is -2.26. The maximum absolute atomic E-state index is 3.85. The zero-order valence-electron chi connectivity index (χ0n) is 12.7. The van der Waals surface area contributed by atoms with Crippen molar-refractivity contribution in [1.82, 2.24) is 10.2 Å². The highest BCUT2D eigenvalue weighted by atomic mass is 15.1. The van der Waals surface area contributed by atoms with Crippen LogP contribution in [0.5, 0.6) is 0 Å². The average molecular weight is 260 g/mol. The van der Waals surface area contributed by atoms with Crippen molar-refractivity contribution in [3.8, 4) is 0 Å². The smallest absolute Gasteiger partial charge is 0.0240 e. The van der Waals surface area contributed by atoms with E-state index in [1.807, 2.05) is 6.08 Å². The van der Waals surface area contributed by atoms with Gasteiger partial charge in [0.25, 0.3) is 0 Å². The maximum atomic E-state index is 3.85. The van der Waals surface area contributed by atoms with Crippen molar-refractivity contribution in [3.05, 3.63) is 48.0 Å². The number of nitrogens with zero attached hydrogens (tertiary/aromatic N) is 1. The minimum Gasteiger partial charge on any atom is -0.310 e. The first kappa shape index (κ1) is 15.9. The van der Waals surface area contributed by atoms with E-state index in [1.165, 1.54) is 17.5 Å². The van der Waals surface area contributed by atoms with E-state index in [4.69, 9.17) is 0 Å². The van der Waals surface area contributed by atoms with Crippen LogP contribution in [0, 0.1) is 0 Å². The molecule has 0 bridgehead atoms. The topological polar surface area (TPSA) is 15.3 Å². The quantitative estimate of drug-likeness (QED) is 0.683. The summed E-state index contributed by atoms with van der Waals surface area (Å²) < 4.78 is 0. The van der Waals surface area contributed by atoms with Gasteiger partial charge in [0.05, 0.1) is 0 Å². The van der Waals surface area contributed by atoms with E-state index in [0.717, 1.165) is 26.2 Å². The Labute approximate surface area is 118 Å². The molecule has 19 heavy (non-hydrogen) atoms. The normalized spacial score (nSPS) is 11.2. The third-order valence-corrected chi connectivity index (χ3v) is 3.14. The number of benzene rings is 1. The van der Waals surface area contributed by atoms with Gasteiger partial charge in [-0.15, -0.1) is 6.58 Å². The lowest BCUT2D eigenvalue weighted by atomic mass is 10.1. The minimum atomic E-state index is 0.521. The van der Waals surface area contributed by atoms with Crippen molar-refractivity contribution in [2.24, 2.45) is 0 Å². The molecule has 0 aliphatic carbocycles. The Kier molecular flexibility index (Phi) is 7.46. The number of hydrogen-bond donors (Lipinski definition) is 1. The fourth-order valence-corrected chi connectivity index (χ4v) is 2.17. The molecule has 0 amide bonds. The first-order valence-electron chi connectivity index (χ1n) is 7.30. The van der Waals surface area contributed by atoms with Gasteiger partial charge in [0.15, 0.2) is 0 Å². The molecule has 0 aromatic heterocycles. The van der Waals surface area contributed by atoms with E-state index in [0.29, 0.717) is 6.04 Å².